The highest BCUT2D eigenvalue weighted by Crippen LogP contribution is 2.40. The lowest BCUT2D eigenvalue weighted by molar-refractivity contribution is -0.127. The summed E-state index contributed by atoms with van der Waals surface area (Å²) in [6, 6.07) is 0.226. The number of thiophene rings is 1. The fourth-order valence-electron chi connectivity index (χ4n) is 4.65. The van der Waals surface area contributed by atoms with Gasteiger partial charge in [0.25, 0.3) is 0 Å². The van der Waals surface area contributed by atoms with Crippen LogP contribution in [0, 0.1) is 5.92 Å². The molecule has 3 aliphatic rings. The molecular formula is C24H36N4O4S. The van der Waals surface area contributed by atoms with Crippen molar-refractivity contribution in [1.29, 1.82) is 0 Å². The van der Waals surface area contributed by atoms with E-state index in [9.17, 15) is 14.4 Å². The third kappa shape index (κ3) is 5.94. The maximum absolute atomic E-state index is 12.9. The molecule has 0 aromatic carbocycles. The first-order chi connectivity index (χ1) is 15.9. The predicted molar refractivity (Wildman–Crippen MR) is 129 cm³/mol. The van der Waals surface area contributed by atoms with E-state index in [1.54, 1.807) is 6.92 Å². The number of piperazine rings is 1. The summed E-state index contributed by atoms with van der Waals surface area (Å²) >= 11 is 1.52. The lowest BCUT2D eigenvalue weighted by Crippen LogP contribution is -2.55. The molecule has 2 atom stereocenters. The van der Waals surface area contributed by atoms with Gasteiger partial charge in [-0.05, 0) is 57.4 Å². The maximum Gasteiger partial charge on any atom is 0.341 e. The number of hydrogen-bond acceptors (Lipinski definition) is 7. The zero-order valence-corrected chi connectivity index (χ0v) is 20.8. The first-order valence-electron chi connectivity index (χ1n) is 12.2. The van der Waals surface area contributed by atoms with Crippen LogP contribution in [-0.2, 0) is 27.2 Å². The zero-order chi connectivity index (χ0) is 23.5. The summed E-state index contributed by atoms with van der Waals surface area (Å²) < 4.78 is 5.30. The van der Waals surface area contributed by atoms with Crippen LogP contribution in [0.4, 0.5) is 5.00 Å². The molecule has 1 aromatic heterocycles. The second kappa shape index (κ2) is 10.5. The molecule has 1 aromatic rings. The van der Waals surface area contributed by atoms with E-state index in [2.05, 4.69) is 27.4 Å². The molecule has 0 unspecified atom stereocenters. The van der Waals surface area contributed by atoms with Crippen molar-refractivity contribution in [3.05, 3.63) is 16.0 Å². The molecule has 1 aliphatic heterocycles. The summed E-state index contributed by atoms with van der Waals surface area (Å²) in [4.78, 5) is 43.3. The van der Waals surface area contributed by atoms with Crippen molar-refractivity contribution in [2.75, 3.05) is 44.6 Å². The van der Waals surface area contributed by atoms with Gasteiger partial charge in [-0.3, -0.25) is 19.4 Å². The first kappa shape index (κ1) is 24.2. The Labute approximate surface area is 200 Å². The average Bonchev–Trinajstić information content (AvgIpc) is 3.52. The summed E-state index contributed by atoms with van der Waals surface area (Å²) in [6.07, 6.45) is 5.02. The molecule has 2 amide bonds. The molecule has 182 valence electrons. The van der Waals surface area contributed by atoms with Crippen molar-refractivity contribution in [3.8, 4) is 0 Å². The number of anilines is 1. The van der Waals surface area contributed by atoms with E-state index in [4.69, 9.17) is 4.74 Å². The van der Waals surface area contributed by atoms with Crippen molar-refractivity contribution in [2.45, 2.75) is 65.0 Å². The molecular weight excluding hydrogens is 440 g/mol. The Morgan fingerprint density at radius 2 is 1.88 bits per heavy atom. The number of hydrogen-bond donors (Lipinski definition) is 2. The van der Waals surface area contributed by atoms with Crippen LogP contribution in [0.2, 0.25) is 0 Å². The Kier molecular flexibility index (Phi) is 7.71. The highest BCUT2D eigenvalue weighted by molar-refractivity contribution is 7.17. The molecule has 2 N–H and O–H groups in total. The number of carbonyl (C=O) groups is 3. The minimum Gasteiger partial charge on any atom is -0.462 e. The topological polar surface area (TPSA) is 91.0 Å². The van der Waals surface area contributed by atoms with Crippen LogP contribution in [0.15, 0.2) is 0 Å². The van der Waals surface area contributed by atoms with Gasteiger partial charge in [0.2, 0.25) is 11.8 Å². The molecule has 0 radical (unpaired) electrons. The Balaban J connectivity index is 1.32. The Morgan fingerprint density at radius 1 is 1.15 bits per heavy atom. The van der Waals surface area contributed by atoms with Gasteiger partial charge < -0.3 is 15.4 Å². The van der Waals surface area contributed by atoms with E-state index in [1.807, 2.05) is 6.92 Å². The number of fused-ring (bicyclic) bond motifs is 1. The van der Waals surface area contributed by atoms with Crippen LogP contribution >= 0.6 is 11.3 Å². The fourth-order valence-corrected chi connectivity index (χ4v) is 6.07. The Hall–Kier alpha value is -1.97. The molecule has 8 nitrogen and oxygen atoms in total. The van der Waals surface area contributed by atoms with Gasteiger partial charge in [-0.1, -0.05) is 6.92 Å². The van der Waals surface area contributed by atoms with Crippen LogP contribution < -0.4 is 10.6 Å². The van der Waals surface area contributed by atoms with Crippen molar-refractivity contribution >= 4 is 34.1 Å². The maximum atomic E-state index is 12.9. The van der Waals surface area contributed by atoms with E-state index < -0.39 is 0 Å². The summed E-state index contributed by atoms with van der Waals surface area (Å²) in [5.74, 6) is 0.234. The van der Waals surface area contributed by atoms with Gasteiger partial charge in [-0.15, -0.1) is 11.3 Å². The van der Waals surface area contributed by atoms with Crippen molar-refractivity contribution in [2.24, 2.45) is 5.92 Å². The third-order valence-electron chi connectivity index (χ3n) is 6.87. The fraction of sp³-hybridized carbons (Fsp3) is 0.708. The molecule has 1 saturated carbocycles. The van der Waals surface area contributed by atoms with Crippen molar-refractivity contribution in [1.82, 2.24) is 15.1 Å². The second-order valence-electron chi connectivity index (χ2n) is 9.60. The summed E-state index contributed by atoms with van der Waals surface area (Å²) in [5, 5.41) is 6.71. The molecule has 2 heterocycles. The normalized spacial score (nSPS) is 22.3. The standard InChI is InChI=1S/C24H36N4O4S/c1-4-32-24(31)21-18-8-5-15(2)13-19(18)33-23(21)26-20(29)14-27-9-11-28(12-10-27)16(3)22(30)25-17-6-7-17/h15-17H,4-14H2,1-3H3,(H,25,30)(H,26,29)/t15-,16-/m0/s1. The van der Waals surface area contributed by atoms with E-state index >= 15 is 0 Å². The summed E-state index contributed by atoms with van der Waals surface area (Å²) in [5.41, 5.74) is 1.61. The number of nitrogens with zero attached hydrogens (tertiary/aromatic N) is 2. The first-order valence-corrected chi connectivity index (χ1v) is 13.1. The molecule has 2 aliphatic carbocycles. The quantitative estimate of drug-likeness (QED) is 0.560. The number of ether oxygens (including phenoxy) is 1. The van der Waals surface area contributed by atoms with E-state index in [-0.39, 0.29) is 30.4 Å². The average molecular weight is 477 g/mol. The molecule has 9 heteroatoms. The number of amides is 2. The van der Waals surface area contributed by atoms with E-state index in [0.717, 1.165) is 63.8 Å². The van der Waals surface area contributed by atoms with Gasteiger partial charge in [0, 0.05) is 37.1 Å². The molecule has 2 fully saturated rings. The van der Waals surface area contributed by atoms with Crippen molar-refractivity contribution < 1.29 is 19.1 Å². The molecule has 0 spiro atoms. The minimum absolute atomic E-state index is 0.103. The summed E-state index contributed by atoms with van der Waals surface area (Å²) in [6.45, 7) is 9.55. The summed E-state index contributed by atoms with van der Waals surface area (Å²) in [7, 11) is 0. The monoisotopic (exact) mass is 476 g/mol. The smallest absolute Gasteiger partial charge is 0.341 e. The molecule has 33 heavy (non-hydrogen) atoms. The molecule has 0 bridgehead atoms. The van der Waals surface area contributed by atoms with Gasteiger partial charge >= 0.3 is 5.97 Å². The third-order valence-corrected chi connectivity index (χ3v) is 8.04. The van der Waals surface area contributed by atoms with E-state index in [1.165, 1.54) is 16.2 Å². The number of nitrogens with one attached hydrogen (secondary N) is 2. The number of rotatable bonds is 8. The lowest BCUT2D eigenvalue weighted by Gasteiger charge is -2.37. The SMILES string of the molecule is CCOC(=O)c1c(NC(=O)CN2CCN([C@@H](C)C(=O)NC3CC3)CC2)sc2c1CC[C@H](C)C2. The number of esters is 1. The lowest BCUT2D eigenvalue weighted by atomic mass is 9.88. The van der Waals surface area contributed by atoms with Crippen LogP contribution in [0.1, 0.15) is 60.8 Å². The molecule has 4 rings (SSSR count). The van der Waals surface area contributed by atoms with Crippen molar-refractivity contribution in [3.63, 3.8) is 0 Å². The highest BCUT2D eigenvalue weighted by atomic mass is 32.1. The van der Waals surface area contributed by atoms with Crippen LogP contribution in [0.5, 0.6) is 0 Å². The van der Waals surface area contributed by atoms with Gasteiger partial charge in [0.15, 0.2) is 0 Å². The Bertz CT molecular complexity index is 889. The van der Waals surface area contributed by atoms with Gasteiger partial charge in [-0.2, -0.15) is 0 Å². The zero-order valence-electron chi connectivity index (χ0n) is 19.9. The van der Waals surface area contributed by atoms with Gasteiger partial charge in [0.05, 0.1) is 24.8 Å². The highest BCUT2D eigenvalue weighted by Gasteiger charge is 2.32. The minimum atomic E-state index is -0.341. The second-order valence-corrected chi connectivity index (χ2v) is 10.7. The molecule has 1 saturated heterocycles. The largest absolute Gasteiger partial charge is 0.462 e. The number of carbonyl (C=O) groups excluding carboxylic acids is 3. The predicted octanol–water partition coefficient (Wildman–Crippen LogP) is 2.27. The van der Waals surface area contributed by atoms with Gasteiger partial charge in [-0.25, -0.2) is 4.79 Å². The van der Waals surface area contributed by atoms with Crippen LogP contribution in [0.25, 0.3) is 0 Å². The Morgan fingerprint density at radius 3 is 2.55 bits per heavy atom. The van der Waals surface area contributed by atoms with Crippen LogP contribution in [-0.4, -0.2) is 79.0 Å². The van der Waals surface area contributed by atoms with E-state index in [0.29, 0.717) is 29.1 Å². The van der Waals surface area contributed by atoms with Gasteiger partial charge in [0.1, 0.15) is 5.00 Å². The van der Waals surface area contributed by atoms with Crippen LogP contribution in [0.3, 0.4) is 0 Å².